The number of halogens is 2. The Labute approximate surface area is 115 Å². The van der Waals surface area contributed by atoms with Gasteiger partial charge in [0.25, 0.3) is 0 Å². The molecule has 0 aliphatic rings. The van der Waals surface area contributed by atoms with Gasteiger partial charge < -0.3 is 0 Å². The lowest BCUT2D eigenvalue weighted by Gasteiger charge is -2.06. The molecule has 102 valence electrons. The van der Waals surface area contributed by atoms with Crippen molar-refractivity contribution in [3.05, 3.63) is 46.5 Å². The summed E-state index contributed by atoms with van der Waals surface area (Å²) >= 11 is 6.01. The van der Waals surface area contributed by atoms with Crippen molar-refractivity contribution < 1.29 is 12.8 Å². The first-order valence-electron chi connectivity index (χ1n) is 5.48. The Morgan fingerprint density at radius 3 is 2.53 bits per heavy atom. The Morgan fingerprint density at radius 2 is 2.00 bits per heavy atom. The van der Waals surface area contributed by atoms with Gasteiger partial charge in [0.15, 0.2) is 9.84 Å². The van der Waals surface area contributed by atoms with Crippen molar-refractivity contribution in [2.45, 2.75) is 17.6 Å². The Bertz CT molecular complexity index is 725. The van der Waals surface area contributed by atoms with Crippen molar-refractivity contribution in [2.24, 2.45) is 7.05 Å². The average Bonchev–Trinajstić information content (AvgIpc) is 2.56. The van der Waals surface area contributed by atoms with E-state index in [1.165, 1.54) is 22.9 Å². The van der Waals surface area contributed by atoms with E-state index in [1.54, 1.807) is 14.0 Å². The van der Waals surface area contributed by atoms with Gasteiger partial charge in [-0.25, -0.2) is 12.8 Å². The first-order chi connectivity index (χ1) is 8.83. The number of aryl methyl sites for hydroxylation is 2. The van der Waals surface area contributed by atoms with Crippen LogP contribution in [-0.4, -0.2) is 18.2 Å². The fourth-order valence-electron chi connectivity index (χ4n) is 1.79. The molecule has 0 amide bonds. The minimum Gasteiger partial charge on any atom is -0.270 e. The van der Waals surface area contributed by atoms with Gasteiger partial charge in [-0.3, -0.25) is 4.68 Å². The standard InChI is InChI=1S/C12H12ClFN2O2S/c1-8-12(13)10(16(2)15-8)7-19(17,18)11-6-4-3-5-9(11)14/h3-6H,7H2,1-2H3. The van der Waals surface area contributed by atoms with Gasteiger partial charge in [-0.05, 0) is 19.1 Å². The lowest BCUT2D eigenvalue weighted by Crippen LogP contribution is -2.10. The maximum absolute atomic E-state index is 13.6. The Morgan fingerprint density at radius 1 is 1.37 bits per heavy atom. The van der Waals surface area contributed by atoms with Crippen molar-refractivity contribution in [3.63, 3.8) is 0 Å². The SMILES string of the molecule is Cc1nn(C)c(CS(=O)(=O)c2ccccc2F)c1Cl. The monoisotopic (exact) mass is 302 g/mol. The molecule has 0 saturated heterocycles. The van der Waals surface area contributed by atoms with Crippen LogP contribution in [0.15, 0.2) is 29.2 Å². The molecule has 0 atom stereocenters. The Balaban J connectivity index is 2.46. The molecule has 1 heterocycles. The van der Waals surface area contributed by atoms with Crippen LogP contribution in [-0.2, 0) is 22.6 Å². The van der Waals surface area contributed by atoms with Crippen LogP contribution in [0.25, 0.3) is 0 Å². The minimum absolute atomic E-state index is 0.294. The highest BCUT2D eigenvalue weighted by molar-refractivity contribution is 7.90. The number of hydrogen-bond acceptors (Lipinski definition) is 3. The lowest BCUT2D eigenvalue weighted by atomic mass is 10.3. The summed E-state index contributed by atoms with van der Waals surface area (Å²) < 4.78 is 39.4. The third-order valence-electron chi connectivity index (χ3n) is 2.76. The van der Waals surface area contributed by atoms with E-state index < -0.39 is 15.7 Å². The summed E-state index contributed by atoms with van der Waals surface area (Å²) in [6.45, 7) is 1.68. The Hall–Kier alpha value is -1.40. The minimum atomic E-state index is -3.80. The van der Waals surface area contributed by atoms with Crippen LogP contribution in [0.4, 0.5) is 4.39 Å². The van der Waals surface area contributed by atoms with Gasteiger partial charge in [0, 0.05) is 7.05 Å². The molecule has 0 saturated carbocycles. The summed E-state index contributed by atoms with van der Waals surface area (Å²) in [5, 5.41) is 4.33. The molecule has 7 heteroatoms. The van der Waals surface area contributed by atoms with Gasteiger partial charge in [0.05, 0.1) is 22.2 Å². The second-order valence-electron chi connectivity index (χ2n) is 4.16. The van der Waals surface area contributed by atoms with Crippen molar-refractivity contribution in [3.8, 4) is 0 Å². The third kappa shape index (κ3) is 2.64. The summed E-state index contributed by atoms with van der Waals surface area (Å²) in [6.07, 6.45) is 0. The molecule has 4 nitrogen and oxygen atoms in total. The maximum atomic E-state index is 13.6. The highest BCUT2D eigenvalue weighted by Gasteiger charge is 2.23. The highest BCUT2D eigenvalue weighted by Crippen LogP contribution is 2.25. The van der Waals surface area contributed by atoms with Crippen LogP contribution >= 0.6 is 11.6 Å². The van der Waals surface area contributed by atoms with Gasteiger partial charge in [-0.1, -0.05) is 23.7 Å². The van der Waals surface area contributed by atoms with E-state index >= 15 is 0 Å². The van der Waals surface area contributed by atoms with Crippen molar-refractivity contribution in [1.82, 2.24) is 9.78 Å². The number of sulfone groups is 1. The smallest absolute Gasteiger partial charge is 0.186 e. The van der Waals surface area contributed by atoms with E-state index in [1.807, 2.05) is 0 Å². The summed E-state index contributed by atoms with van der Waals surface area (Å²) in [5.41, 5.74) is 0.894. The zero-order valence-electron chi connectivity index (χ0n) is 10.4. The molecular formula is C12H12ClFN2O2S. The second-order valence-corrected chi connectivity index (χ2v) is 6.50. The van der Waals surface area contributed by atoms with Gasteiger partial charge in [-0.2, -0.15) is 5.10 Å². The summed E-state index contributed by atoms with van der Waals surface area (Å²) in [6, 6.07) is 5.27. The Kier molecular flexibility index (Phi) is 3.64. The maximum Gasteiger partial charge on any atom is 0.186 e. The van der Waals surface area contributed by atoms with E-state index in [-0.39, 0.29) is 10.6 Å². The number of aromatic nitrogens is 2. The summed E-state index contributed by atoms with van der Waals surface area (Å²) in [5.74, 6) is -1.15. The topological polar surface area (TPSA) is 52.0 Å². The third-order valence-corrected chi connectivity index (χ3v) is 4.91. The molecule has 0 fully saturated rings. The molecule has 2 aromatic rings. The first-order valence-corrected chi connectivity index (χ1v) is 7.51. The van der Waals surface area contributed by atoms with E-state index in [9.17, 15) is 12.8 Å². The van der Waals surface area contributed by atoms with Crippen LogP contribution < -0.4 is 0 Å². The second kappa shape index (κ2) is 4.94. The van der Waals surface area contributed by atoms with Gasteiger partial charge in [0.1, 0.15) is 10.7 Å². The fraction of sp³-hybridized carbons (Fsp3) is 0.250. The zero-order chi connectivity index (χ0) is 14.2. The molecule has 0 aliphatic carbocycles. The molecule has 0 radical (unpaired) electrons. The normalized spacial score (nSPS) is 11.8. The average molecular weight is 303 g/mol. The lowest BCUT2D eigenvalue weighted by molar-refractivity contribution is 0.564. The largest absolute Gasteiger partial charge is 0.270 e. The molecule has 0 unspecified atom stereocenters. The highest BCUT2D eigenvalue weighted by atomic mass is 35.5. The molecule has 19 heavy (non-hydrogen) atoms. The van der Waals surface area contributed by atoms with Crippen molar-refractivity contribution in [2.75, 3.05) is 0 Å². The number of nitrogens with zero attached hydrogens (tertiary/aromatic N) is 2. The van der Waals surface area contributed by atoms with Crippen LogP contribution in [0.5, 0.6) is 0 Å². The predicted molar refractivity (Wildman–Crippen MR) is 70.2 cm³/mol. The van der Waals surface area contributed by atoms with Crippen LogP contribution in [0.3, 0.4) is 0 Å². The van der Waals surface area contributed by atoms with E-state index in [0.29, 0.717) is 16.4 Å². The molecular weight excluding hydrogens is 291 g/mol. The van der Waals surface area contributed by atoms with E-state index in [2.05, 4.69) is 5.10 Å². The molecule has 1 aromatic carbocycles. The number of benzene rings is 1. The van der Waals surface area contributed by atoms with Crippen LogP contribution in [0, 0.1) is 12.7 Å². The quantitative estimate of drug-likeness (QED) is 0.875. The summed E-state index contributed by atoms with van der Waals surface area (Å²) in [7, 11) is -2.19. The molecule has 0 aliphatic heterocycles. The fourth-order valence-corrected chi connectivity index (χ4v) is 3.60. The van der Waals surface area contributed by atoms with Crippen LogP contribution in [0.1, 0.15) is 11.4 Å². The molecule has 1 aromatic heterocycles. The molecule has 0 spiro atoms. The predicted octanol–water partition coefficient (Wildman–Crippen LogP) is 2.49. The number of hydrogen-bond donors (Lipinski definition) is 0. The molecule has 2 rings (SSSR count). The van der Waals surface area contributed by atoms with Gasteiger partial charge >= 0.3 is 0 Å². The molecule has 0 N–H and O–H groups in total. The number of rotatable bonds is 3. The summed E-state index contributed by atoms with van der Waals surface area (Å²) in [4.78, 5) is -0.329. The van der Waals surface area contributed by atoms with E-state index in [0.717, 1.165) is 6.07 Å². The van der Waals surface area contributed by atoms with Crippen LogP contribution in [0.2, 0.25) is 5.02 Å². The first kappa shape index (κ1) is 14.0. The molecule has 0 bridgehead atoms. The zero-order valence-corrected chi connectivity index (χ0v) is 12.0. The van der Waals surface area contributed by atoms with Gasteiger partial charge in [-0.15, -0.1) is 0 Å². The van der Waals surface area contributed by atoms with Crippen molar-refractivity contribution in [1.29, 1.82) is 0 Å². The van der Waals surface area contributed by atoms with Gasteiger partial charge in [0.2, 0.25) is 0 Å². The van der Waals surface area contributed by atoms with Crippen molar-refractivity contribution >= 4 is 21.4 Å². The van der Waals surface area contributed by atoms with E-state index in [4.69, 9.17) is 11.6 Å².